The highest BCUT2D eigenvalue weighted by molar-refractivity contribution is 9.10. The van der Waals surface area contributed by atoms with Crippen LogP contribution < -0.4 is 5.43 Å². The van der Waals surface area contributed by atoms with Crippen molar-refractivity contribution >= 4 is 27.5 Å². The number of benzene rings is 1. The zero-order valence-corrected chi connectivity index (χ0v) is 13.3. The number of nitrogens with zero attached hydrogens (tertiary/aromatic N) is 2. The minimum Gasteiger partial charge on any atom is -0.303 e. The second-order valence-electron chi connectivity index (χ2n) is 4.97. The Hall–Kier alpha value is -1.20. The summed E-state index contributed by atoms with van der Waals surface area (Å²) in [6.45, 7) is 5.43. The Balaban J connectivity index is 1.84. The van der Waals surface area contributed by atoms with Crippen molar-refractivity contribution < 1.29 is 4.79 Å². The number of likely N-dealkylation sites (tertiary alicyclic amines) is 1. The molecule has 1 aliphatic heterocycles. The topological polar surface area (TPSA) is 44.7 Å². The molecule has 1 N–H and O–H groups in total. The average Bonchev–Trinajstić information content (AvgIpc) is 2.47. The van der Waals surface area contributed by atoms with Crippen LogP contribution in [0, 0.1) is 0 Å². The first-order chi connectivity index (χ1) is 9.69. The second kappa shape index (κ2) is 7.55. The molecule has 0 spiro atoms. The van der Waals surface area contributed by atoms with E-state index in [1.165, 1.54) is 6.42 Å². The van der Waals surface area contributed by atoms with Gasteiger partial charge in [-0.3, -0.25) is 4.79 Å². The molecule has 0 atom stereocenters. The lowest BCUT2D eigenvalue weighted by Crippen LogP contribution is -2.35. The van der Waals surface area contributed by atoms with E-state index < -0.39 is 0 Å². The highest BCUT2D eigenvalue weighted by Gasteiger charge is 2.14. The van der Waals surface area contributed by atoms with Crippen molar-refractivity contribution in [3.63, 3.8) is 0 Å². The number of halogens is 1. The molecule has 1 saturated heterocycles. The second-order valence-corrected chi connectivity index (χ2v) is 5.88. The fourth-order valence-corrected chi connectivity index (χ4v) is 2.52. The van der Waals surface area contributed by atoms with Gasteiger partial charge in [0.25, 0.3) is 5.91 Å². The van der Waals surface area contributed by atoms with E-state index in [-0.39, 0.29) is 5.91 Å². The minimum atomic E-state index is -0.152. The molecule has 0 unspecified atom stereocenters. The Kier molecular flexibility index (Phi) is 5.73. The fourth-order valence-electron chi connectivity index (χ4n) is 2.26. The highest BCUT2D eigenvalue weighted by atomic mass is 79.9. The molecular formula is C15H20BrN3O. The standard InChI is InChI=1S/C15H20BrN3O/c1-2-9-19-10-7-14(8-11-19)17-18-15(20)12-3-5-13(16)6-4-12/h3-6H,2,7-11H2,1H3,(H,18,20). The molecule has 0 saturated carbocycles. The van der Waals surface area contributed by atoms with Gasteiger partial charge in [0.1, 0.15) is 0 Å². The van der Waals surface area contributed by atoms with Crippen molar-refractivity contribution in [2.24, 2.45) is 5.10 Å². The Morgan fingerprint density at radius 3 is 2.55 bits per heavy atom. The largest absolute Gasteiger partial charge is 0.303 e. The van der Waals surface area contributed by atoms with E-state index in [1.807, 2.05) is 12.1 Å². The zero-order chi connectivity index (χ0) is 14.4. The summed E-state index contributed by atoms with van der Waals surface area (Å²) in [5.41, 5.74) is 4.36. The number of nitrogens with one attached hydrogen (secondary N) is 1. The number of hydrogen-bond donors (Lipinski definition) is 1. The third-order valence-electron chi connectivity index (χ3n) is 3.40. The van der Waals surface area contributed by atoms with Crippen molar-refractivity contribution in [1.29, 1.82) is 0 Å². The quantitative estimate of drug-likeness (QED) is 0.858. The average molecular weight is 338 g/mol. The zero-order valence-electron chi connectivity index (χ0n) is 11.7. The van der Waals surface area contributed by atoms with E-state index in [1.54, 1.807) is 12.1 Å². The molecule has 1 amide bonds. The molecular weight excluding hydrogens is 318 g/mol. The van der Waals surface area contributed by atoms with E-state index >= 15 is 0 Å². The summed E-state index contributed by atoms with van der Waals surface area (Å²) in [6, 6.07) is 7.27. The lowest BCUT2D eigenvalue weighted by atomic mass is 10.1. The van der Waals surface area contributed by atoms with E-state index in [9.17, 15) is 4.79 Å². The summed E-state index contributed by atoms with van der Waals surface area (Å²) in [7, 11) is 0. The predicted octanol–water partition coefficient (Wildman–Crippen LogP) is 3.04. The normalized spacial score (nSPS) is 16.0. The third kappa shape index (κ3) is 4.42. The maximum atomic E-state index is 11.9. The van der Waals surface area contributed by atoms with Crippen molar-refractivity contribution in [3.8, 4) is 0 Å². The number of carbonyl (C=O) groups is 1. The van der Waals surface area contributed by atoms with Crippen molar-refractivity contribution in [3.05, 3.63) is 34.3 Å². The maximum Gasteiger partial charge on any atom is 0.271 e. The molecule has 1 aliphatic rings. The summed E-state index contributed by atoms with van der Waals surface area (Å²) in [5, 5.41) is 4.26. The van der Waals surface area contributed by atoms with E-state index in [4.69, 9.17) is 0 Å². The van der Waals surface area contributed by atoms with Gasteiger partial charge in [0.15, 0.2) is 0 Å². The molecule has 2 rings (SSSR count). The van der Waals surface area contributed by atoms with Crippen LogP contribution in [0.2, 0.25) is 0 Å². The Labute approximate surface area is 128 Å². The third-order valence-corrected chi connectivity index (χ3v) is 3.92. The van der Waals surface area contributed by atoms with Crippen molar-refractivity contribution in [2.75, 3.05) is 19.6 Å². The van der Waals surface area contributed by atoms with Gasteiger partial charge in [-0.2, -0.15) is 5.10 Å². The van der Waals surface area contributed by atoms with Gasteiger partial charge in [0.05, 0.1) is 0 Å². The van der Waals surface area contributed by atoms with E-state index in [2.05, 4.69) is 38.3 Å². The van der Waals surface area contributed by atoms with Gasteiger partial charge in [-0.25, -0.2) is 5.43 Å². The Morgan fingerprint density at radius 2 is 1.95 bits per heavy atom. The minimum absolute atomic E-state index is 0.152. The van der Waals surface area contributed by atoms with Crippen LogP contribution in [0.25, 0.3) is 0 Å². The van der Waals surface area contributed by atoms with Gasteiger partial charge in [-0.15, -0.1) is 0 Å². The summed E-state index contributed by atoms with van der Waals surface area (Å²) in [5.74, 6) is -0.152. The molecule has 1 heterocycles. The Bertz CT molecular complexity index is 474. The van der Waals surface area contributed by atoms with Crippen LogP contribution in [0.1, 0.15) is 36.5 Å². The monoisotopic (exact) mass is 337 g/mol. The number of hydrogen-bond acceptors (Lipinski definition) is 3. The molecule has 0 bridgehead atoms. The molecule has 0 aromatic heterocycles. The number of piperidine rings is 1. The van der Waals surface area contributed by atoms with Crippen LogP contribution >= 0.6 is 15.9 Å². The maximum absolute atomic E-state index is 11.9. The Morgan fingerprint density at radius 1 is 1.30 bits per heavy atom. The van der Waals surface area contributed by atoms with E-state index in [0.717, 1.165) is 42.7 Å². The first-order valence-electron chi connectivity index (χ1n) is 7.02. The fraction of sp³-hybridized carbons (Fsp3) is 0.467. The van der Waals surface area contributed by atoms with Gasteiger partial charge >= 0.3 is 0 Å². The molecule has 0 aliphatic carbocycles. The van der Waals surface area contributed by atoms with Crippen LogP contribution in [0.15, 0.2) is 33.8 Å². The van der Waals surface area contributed by atoms with Gasteiger partial charge in [-0.05, 0) is 37.2 Å². The lowest BCUT2D eigenvalue weighted by Gasteiger charge is -2.26. The number of rotatable bonds is 4. The molecule has 108 valence electrons. The van der Waals surface area contributed by atoms with Gasteiger partial charge < -0.3 is 4.90 Å². The van der Waals surface area contributed by atoms with Crippen molar-refractivity contribution in [1.82, 2.24) is 10.3 Å². The lowest BCUT2D eigenvalue weighted by molar-refractivity contribution is 0.0954. The SMILES string of the molecule is CCCN1CCC(=NNC(=O)c2ccc(Br)cc2)CC1. The molecule has 1 aromatic rings. The summed E-state index contributed by atoms with van der Waals surface area (Å²) >= 11 is 3.35. The molecule has 0 radical (unpaired) electrons. The molecule has 5 heteroatoms. The van der Waals surface area contributed by atoms with Crippen LogP contribution in [0.3, 0.4) is 0 Å². The number of carbonyl (C=O) groups excluding carboxylic acids is 1. The van der Waals surface area contributed by atoms with Gasteiger partial charge in [0.2, 0.25) is 0 Å². The van der Waals surface area contributed by atoms with E-state index in [0.29, 0.717) is 5.56 Å². The van der Waals surface area contributed by atoms with Crippen LogP contribution in [-0.2, 0) is 0 Å². The number of amides is 1. The van der Waals surface area contributed by atoms with Gasteiger partial charge in [-0.1, -0.05) is 22.9 Å². The first-order valence-corrected chi connectivity index (χ1v) is 7.82. The molecule has 20 heavy (non-hydrogen) atoms. The summed E-state index contributed by atoms with van der Waals surface area (Å²) in [4.78, 5) is 14.4. The smallest absolute Gasteiger partial charge is 0.271 e. The van der Waals surface area contributed by atoms with Gasteiger partial charge in [0, 0.05) is 41.7 Å². The molecule has 4 nitrogen and oxygen atoms in total. The summed E-state index contributed by atoms with van der Waals surface area (Å²) in [6.07, 6.45) is 3.08. The molecule has 1 fully saturated rings. The highest BCUT2D eigenvalue weighted by Crippen LogP contribution is 2.11. The van der Waals surface area contributed by atoms with Crippen LogP contribution in [0.5, 0.6) is 0 Å². The molecule has 1 aromatic carbocycles. The predicted molar refractivity (Wildman–Crippen MR) is 85.0 cm³/mol. The summed E-state index contributed by atoms with van der Waals surface area (Å²) < 4.78 is 0.962. The van der Waals surface area contributed by atoms with Crippen molar-refractivity contribution in [2.45, 2.75) is 26.2 Å². The van der Waals surface area contributed by atoms with Crippen LogP contribution in [0.4, 0.5) is 0 Å². The van der Waals surface area contributed by atoms with Crippen LogP contribution in [-0.4, -0.2) is 36.2 Å². The number of hydrazone groups is 1. The first kappa shape index (κ1) is 15.2.